The lowest BCUT2D eigenvalue weighted by Gasteiger charge is -2.34. The molecular weight excluding hydrogens is 368 g/mol. The van der Waals surface area contributed by atoms with Gasteiger partial charge >= 0.3 is 6.03 Å². The average molecular weight is 399 g/mol. The number of nitrogens with zero attached hydrogens (tertiary/aromatic N) is 2. The second-order valence-electron chi connectivity index (χ2n) is 7.70. The number of aryl methyl sites for hydroxylation is 3. The molecule has 1 aromatic heterocycles. The minimum atomic E-state index is -0.183. The molecule has 0 saturated carbocycles. The Morgan fingerprint density at radius 1 is 1.03 bits per heavy atom. The summed E-state index contributed by atoms with van der Waals surface area (Å²) in [6, 6.07) is 9.45. The van der Waals surface area contributed by atoms with Crippen LogP contribution < -0.4 is 10.6 Å². The van der Waals surface area contributed by atoms with E-state index in [1.807, 2.05) is 58.0 Å². The first-order valence-corrected chi connectivity index (χ1v) is 10.0. The zero-order valence-electron chi connectivity index (χ0n) is 17.6. The lowest BCUT2D eigenvalue weighted by Crippen LogP contribution is -2.53. The summed E-state index contributed by atoms with van der Waals surface area (Å²) in [6.45, 7) is 10.6. The monoisotopic (exact) mass is 398 g/mol. The van der Waals surface area contributed by atoms with Crippen LogP contribution >= 0.6 is 0 Å². The van der Waals surface area contributed by atoms with Gasteiger partial charge in [-0.05, 0) is 51.0 Å². The Hall–Kier alpha value is -2.80. The van der Waals surface area contributed by atoms with Crippen molar-refractivity contribution in [2.45, 2.75) is 33.7 Å². The molecule has 1 atom stereocenters. The number of hydrogen-bond acceptors (Lipinski definition) is 4. The molecule has 2 heterocycles. The molecule has 1 aromatic carbocycles. The highest BCUT2D eigenvalue weighted by Gasteiger charge is 2.24. The molecule has 1 unspecified atom stereocenters. The SMILES string of the molecule is Cc1ccc(C(C)NC(=O)N2CCN(CC(=O)Nc3c(C)cccc3C)CC2)o1. The van der Waals surface area contributed by atoms with Gasteiger partial charge in [0.15, 0.2) is 0 Å². The Labute approximate surface area is 172 Å². The van der Waals surface area contributed by atoms with Crippen molar-refractivity contribution in [2.75, 3.05) is 38.0 Å². The molecule has 0 radical (unpaired) electrons. The van der Waals surface area contributed by atoms with Crippen LogP contribution in [0.15, 0.2) is 34.7 Å². The Morgan fingerprint density at radius 2 is 1.69 bits per heavy atom. The van der Waals surface area contributed by atoms with Gasteiger partial charge in [0.25, 0.3) is 0 Å². The van der Waals surface area contributed by atoms with Crippen LogP contribution in [0.1, 0.15) is 35.6 Å². The number of carbonyl (C=O) groups is 2. The maximum Gasteiger partial charge on any atom is 0.318 e. The quantitative estimate of drug-likeness (QED) is 0.811. The van der Waals surface area contributed by atoms with Crippen LogP contribution in [0.25, 0.3) is 0 Å². The van der Waals surface area contributed by atoms with E-state index in [1.54, 1.807) is 4.90 Å². The number of para-hydroxylation sites is 1. The summed E-state index contributed by atoms with van der Waals surface area (Å²) >= 11 is 0. The molecule has 1 fully saturated rings. The molecule has 0 spiro atoms. The van der Waals surface area contributed by atoms with Crippen molar-refractivity contribution in [2.24, 2.45) is 0 Å². The Bertz CT molecular complexity index is 848. The summed E-state index contributed by atoms with van der Waals surface area (Å²) in [5.74, 6) is 1.55. The number of carbonyl (C=O) groups excluding carboxylic acids is 2. The van der Waals surface area contributed by atoms with E-state index in [0.29, 0.717) is 32.7 Å². The lowest BCUT2D eigenvalue weighted by atomic mass is 10.1. The zero-order chi connectivity index (χ0) is 21.0. The van der Waals surface area contributed by atoms with Gasteiger partial charge in [-0.2, -0.15) is 0 Å². The number of benzene rings is 1. The number of furan rings is 1. The largest absolute Gasteiger partial charge is 0.464 e. The second kappa shape index (κ2) is 9.13. The summed E-state index contributed by atoms with van der Waals surface area (Å²) in [4.78, 5) is 28.8. The molecule has 3 rings (SSSR count). The number of anilines is 1. The number of rotatable bonds is 5. The van der Waals surface area contributed by atoms with E-state index in [9.17, 15) is 9.59 Å². The van der Waals surface area contributed by atoms with Crippen LogP contribution in [0.2, 0.25) is 0 Å². The summed E-state index contributed by atoms with van der Waals surface area (Å²) in [5, 5.41) is 6.00. The molecule has 2 N–H and O–H groups in total. The van der Waals surface area contributed by atoms with Gasteiger partial charge in [-0.15, -0.1) is 0 Å². The molecule has 156 valence electrons. The van der Waals surface area contributed by atoms with Crippen molar-refractivity contribution in [3.05, 3.63) is 53.0 Å². The predicted octanol–water partition coefficient (Wildman–Crippen LogP) is 3.23. The number of amides is 3. The normalized spacial score (nSPS) is 15.8. The van der Waals surface area contributed by atoms with Gasteiger partial charge in [0.2, 0.25) is 5.91 Å². The van der Waals surface area contributed by atoms with Gasteiger partial charge in [0.1, 0.15) is 11.5 Å². The minimum Gasteiger partial charge on any atom is -0.464 e. The van der Waals surface area contributed by atoms with Crippen LogP contribution in [0, 0.1) is 20.8 Å². The van der Waals surface area contributed by atoms with Gasteiger partial charge in [-0.3, -0.25) is 9.69 Å². The topological polar surface area (TPSA) is 77.8 Å². The minimum absolute atomic E-state index is 0.0258. The van der Waals surface area contributed by atoms with Crippen molar-refractivity contribution >= 4 is 17.6 Å². The first-order chi connectivity index (χ1) is 13.8. The maximum atomic E-state index is 12.5. The van der Waals surface area contributed by atoms with Crippen LogP contribution in [0.4, 0.5) is 10.5 Å². The standard InChI is InChI=1S/C22H30N4O3/c1-15-6-5-7-16(2)21(15)24-20(27)14-25-10-12-26(13-11-25)22(28)23-18(4)19-9-8-17(3)29-19/h5-9,18H,10-14H2,1-4H3,(H,23,28)(H,24,27). The second-order valence-corrected chi connectivity index (χ2v) is 7.70. The average Bonchev–Trinajstić information content (AvgIpc) is 3.12. The smallest absolute Gasteiger partial charge is 0.318 e. The van der Waals surface area contributed by atoms with Gasteiger partial charge in [0.05, 0.1) is 12.6 Å². The number of urea groups is 1. The highest BCUT2D eigenvalue weighted by atomic mass is 16.3. The molecule has 3 amide bonds. The van der Waals surface area contributed by atoms with E-state index in [4.69, 9.17) is 4.42 Å². The predicted molar refractivity (Wildman–Crippen MR) is 113 cm³/mol. The van der Waals surface area contributed by atoms with Crippen molar-refractivity contribution in [1.82, 2.24) is 15.1 Å². The molecule has 0 aliphatic carbocycles. The van der Waals surface area contributed by atoms with Crippen molar-refractivity contribution in [3.63, 3.8) is 0 Å². The number of piperazine rings is 1. The van der Waals surface area contributed by atoms with Crippen LogP contribution in [0.5, 0.6) is 0 Å². The van der Waals surface area contributed by atoms with Gasteiger partial charge in [-0.25, -0.2) is 4.79 Å². The van der Waals surface area contributed by atoms with E-state index in [2.05, 4.69) is 15.5 Å². The zero-order valence-corrected chi connectivity index (χ0v) is 17.6. The fourth-order valence-corrected chi connectivity index (χ4v) is 3.54. The maximum absolute atomic E-state index is 12.5. The molecule has 7 heteroatoms. The van der Waals surface area contributed by atoms with Crippen LogP contribution in [0.3, 0.4) is 0 Å². The van der Waals surface area contributed by atoms with Crippen molar-refractivity contribution < 1.29 is 14.0 Å². The third kappa shape index (κ3) is 5.38. The summed E-state index contributed by atoms with van der Waals surface area (Å²) in [5.41, 5.74) is 3.00. The first kappa shape index (κ1) is 20.9. The van der Waals surface area contributed by atoms with Crippen LogP contribution in [-0.4, -0.2) is 54.5 Å². The number of nitrogens with one attached hydrogen (secondary N) is 2. The molecule has 29 heavy (non-hydrogen) atoms. The Balaban J connectivity index is 1.45. The summed E-state index contributed by atoms with van der Waals surface area (Å²) in [6.07, 6.45) is 0. The third-order valence-corrected chi connectivity index (χ3v) is 5.30. The van der Waals surface area contributed by atoms with E-state index in [1.165, 1.54) is 0 Å². The molecule has 2 aromatic rings. The van der Waals surface area contributed by atoms with Crippen molar-refractivity contribution in [1.29, 1.82) is 0 Å². The summed E-state index contributed by atoms with van der Waals surface area (Å²) < 4.78 is 5.57. The Morgan fingerprint density at radius 3 is 2.28 bits per heavy atom. The van der Waals surface area contributed by atoms with E-state index in [-0.39, 0.29) is 18.0 Å². The van der Waals surface area contributed by atoms with Gasteiger partial charge < -0.3 is 20.0 Å². The molecule has 0 bridgehead atoms. The van der Waals surface area contributed by atoms with Crippen molar-refractivity contribution in [3.8, 4) is 0 Å². The first-order valence-electron chi connectivity index (χ1n) is 10.0. The summed E-state index contributed by atoms with van der Waals surface area (Å²) in [7, 11) is 0. The lowest BCUT2D eigenvalue weighted by molar-refractivity contribution is -0.117. The highest BCUT2D eigenvalue weighted by Crippen LogP contribution is 2.19. The third-order valence-electron chi connectivity index (χ3n) is 5.30. The van der Waals surface area contributed by atoms with E-state index < -0.39 is 0 Å². The highest BCUT2D eigenvalue weighted by molar-refractivity contribution is 5.93. The molecule has 1 saturated heterocycles. The fraction of sp³-hybridized carbons (Fsp3) is 0.455. The van der Waals surface area contributed by atoms with Crippen LogP contribution in [-0.2, 0) is 4.79 Å². The van der Waals surface area contributed by atoms with Gasteiger partial charge in [-0.1, -0.05) is 18.2 Å². The fourth-order valence-electron chi connectivity index (χ4n) is 3.54. The number of hydrogen-bond donors (Lipinski definition) is 2. The molecular formula is C22H30N4O3. The Kier molecular flexibility index (Phi) is 6.59. The van der Waals surface area contributed by atoms with E-state index >= 15 is 0 Å². The molecule has 1 aliphatic rings. The van der Waals surface area contributed by atoms with E-state index in [0.717, 1.165) is 28.3 Å². The van der Waals surface area contributed by atoms with Gasteiger partial charge in [0, 0.05) is 31.9 Å². The molecule has 1 aliphatic heterocycles. The molecule has 7 nitrogen and oxygen atoms in total.